The molecule has 0 aromatic carbocycles. The molecule has 1 aliphatic rings. The third-order valence-corrected chi connectivity index (χ3v) is 3.85. The smallest absolute Gasteiger partial charge is 0.240 e. The first-order valence-electron chi connectivity index (χ1n) is 7.36. The van der Waals surface area contributed by atoms with Crippen molar-refractivity contribution >= 4 is 0 Å². The number of aromatic nitrogens is 2. The number of hydrogen-bond donors (Lipinski definition) is 1. The Morgan fingerprint density at radius 2 is 2.26 bits per heavy atom. The van der Waals surface area contributed by atoms with Crippen LogP contribution >= 0.6 is 0 Å². The van der Waals surface area contributed by atoms with Gasteiger partial charge in [-0.15, -0.1) is 0 Å². The first kappa shape index (κ1) is 14.5. The Balaban J connectivity index is 2.02. The zero-order valence-corrected chi connectivity index (χ0v) is 12.5. The fraction of sp³-hybridized carbons (Fsp3) is 0.857. The van der Waals surface area contributed by atoms with E-state index in [1.54, 1.807) is 0 Å². The van der Waals surface area contributed by atoms with Crippen molar-refractivity contribution in [3.63, 3.8) is 0 Å². The molecule has 0 bridgehead atoms. The Kier molecular flexibility index (Phi) is 4.93. The van der Waals surface area contributed by atoms with Crippen molar-refractivity contribution in [2.24, 2.45) is 5.92 Å². The summed E-state index contributed by atoms with van der Waals surface area (Å²) in [5, 5.41) is 7.54. The molecule has 5 nitrogen and oxygen atoms in total. The molecule has 0 aliphatic carbocycles. The van der Waals surface area contributed by atoms with Crippen LogP contribution in [0.4, 0.5) is 0 Å². The van der Waals surface area contributed by atoms with Crippen LogP contribution in [0.15, 0.2) is 4.52 Å². The summed E-state index contributed by atoms with van der Waals surface area (Å²) in [7, 11) is 0. The molecule has 0 spiro atoms. The third kappa shape index (κ3) is 3.76. The van der Waals surface area contributed by atoms with Crippen LogP contribution in [0.1, 0.15) is 45.3 Å². The molecule has 108 valence electrons. The highest BCUT2D eigenvalue weighted by atomic mass is 16.5. The number of rotatable bonds is 5. The van der Waals surface area contributed by atoms with Crippen molar-refractivity contribution in [2.45, 2.75) is 59.2 Å². The van der Waals surface area contributed by atoms with E-state index < -0.39 is 0 Å². The molecular weight excluding hydrogens is 240 g/mol. The Labute approximate surface area is 115 Å². The maximum absolute atomic E-state index is 5.27. The van der Waals surface area contributed by atoms with E-state index in [4.69, 9.17) is 4.52 Å². The Morgan fingerprint density at radius 1 is 1.47 bits per heavy atom. The van der Waals surface area contributed by atoms with E-state index in [1.807, 2.05) is 6.92 Å². The van der Waals surface area contributed by atoms with Crippen LogP contribution in [0, 0.1) is 12.8 Å². The van der Waals surface area contributed by atoms with Gasteiger partial charge in [0.05, 0.1) is 6.54 Å². The van der Waals surface area contributed by atoms with Crippen molar-refractivity contribution in [3.8, 4) is 0 Å². The van der Waals surface area contributed by atoms with Crippen LogP contribution in [0.5, 0.6) is 0 Å². The van der Waals surface area contributed by atoms with E-state index in [2.05, 4.69) is 41.1 Å². The number of aryl methyl sites for hydroxylation is 1. The van der Waals surface area contributed by atoms with Gasteiger partial charge < -0.3 is 9.84 Å². The number of nitrogens with one attached hydrogen (secondary N) is 1. The number of piperazine rings is 1. The van der Waals surface area contributed by atoms with E-state index in [0.29, 0.717) is 18.0 Å². The molecule has 1 aliphatic heterocycles. The summed E-state index contributed by atoms with van der Waals surface area (Å²) in [5.41, 5.74) is 0. The molecule has 0 saturated carbocycles. The average Bonchev–Trinajstić information content (AvgIpc) is 2.75. The summed E-state index contributed by atoms with van der Waals surface area (Å²) < 4.78 is 5.27. The lowest BCUT2D eigenvalue weighted by Gasteiger charge is -2.41. The molecule has 19 heavy (non-hydrogen) atoms. The summed E-state index contributed by atoms with van der Waals surface area (Å²) in [6.07, 6.45) is 2.45. The lowest BCUT2D eigenvalue weighted by atomic mass is 9.97. The maximum atomic E-state index is 5.27. The van der Waals surface area contributed by atoms with Crippen LogP contribution in [0.25, 0.3) is 0 Å². The van der Waals surface area contributed by atoms with Gasteiger partial charge >= 0.3 is 0 Å². The highest BCUT2D eigenvalue weighted by Gasteiger charge is 2.30. The van der Waals surface area contributed by atoms with E-state index >= 15 is 0 Å². The molecule has 2 heterocycles. The quantitative estimate of drug-likeness (QED) is 0.883. The molecule has 2 rings (SSSR count). The van der Waals surface area contributed by atoms with Gasteiger partial charge in [0.2, 0.25) is 5.89 Å². The van der Waals surface area contributed by atoms with Crippen molar-refractivity contribution in [1.82, 2.24) is 20.4 Å². The van der Waals surface area contributed by atoms with Gasteiger partial charge in [0.1, 0.15) is 0 Å². The fourth-order valence-electron chi connectivity index (χ4n) is 2.86. The fourth-order valence-corrected chi connectivity index (χ4v) is 2.86. The normalized spacial score (nSPS) is 25.1. The molecule has 1 N–H and O–H groups in total. The van der Waals surface area contributed by atoms with Crippen LogP contribution in [-0.2, 0) is 6.54 Å². The zero-order chi connectivity index (χ0) is 13.8. The molecule has 0 radical (unpaired) electrons. The van der Waals surface area contributed by atoms with Gasteiger partial charge in [0.15, 0.2) is 5.82 Å². The van der Waals surface area contributed by atoms with E-state index in [0.717, 1.165) is 31.3 Å². The summed E-state index contributed by atoms with van der Waals surface area (Å²) in [6, 6.07) is 1.13. The lowest BCUT2D eigenvalue weighted by molar-refractivity contribution is 0.0777. The average molecular weight is 266 g/mol. The Hall–Kier alpha value is -0.940. The molecule has 2 atom stereocenters. The number of hydrogen-bond acceptors (Lipinski definition) is 5. The highest BCUT2D eigenvalue weighted by molar-refractivity contribution is 4.91. The minimum absolute atomic E-state index is 0.542. The first-order valence-corrected chi connectivity index (χ1v) is 7.36. The lowest BCUT2D eigenvalue weighted by Crippen LogP contribution is -2.57. The summed E-state index contributed by atoms with van der Waals surface area (Å²) in [5.74, 6) is 2.08. The second kappa shape index (κ2) is 6.48. The van der Waals surface area contributed by atoms with Gasteiger partial charge in [-0.2, -0.15) is 4.98 Å². The second-order valence-electron chi connectivity index (χ2n) is 5.87. The maximum Gasteiger partial charge on any atom is 0.240 e. The predicted molar refractivity (Wildman–Crippen MR) is 74.8 cm³/mol. The largest absolute Gasteiger partial charge is 0.338 e. The molecule has 1 saturated heterocycles. The second-order valence-corrected chi connectivity index (χ2v) is 5.87. The van der Waals surface area contributed by atoms with Gasteiger partial charge in [-0.25, -0.2) is 0 Å². The molecular formula is C14H26N4O. The minimum atomic E-state index is 0.542. The summed E-state index contributed by atoms with van der Waals surface area (Å²) in [4.78, 5) is 6.82. The summed E-state index contributed by atoms with van der Waals surface area (Å²) in [6.45, 7) is 11.5. The van der Waals surface area contributed by atoms with Crippen molar-refractivity contribution in [1.29, 1.82) is 0 Å². The molecule has 2 unspecified atom stereocenters. The predicted octanol–water partition coefficient (Wildman–Crippen LogP) is 1.98. The van der Waals surface area contributed by atoms with Crippen LogP contribution in [0.2, 0.25) is 0 Å². The van der Waals surface area contributed by atoms with Gasteiger partial charge in [-0.1, -0.05) is 32.3 Å². The topological polar surface area (TPSA) is 54.2 Å². The van der Waals surface area contributed by atoms with Crippen molar-refractivity contribution in [2.75, 3.05) is 13.1 Å². The standard InChI is InChI=1S/C14H26N4O/c1-5-6-12-8-18(13(7-15-12)10(2)3)9-14-16-11(4)17-19-14/h10,12-13,15H,5-9H2,1-4H3. The Morgan fingerprint density at radius 3 is 2.84 bits per heavy atom. The van der Waals surface area contributed by atoms with Crippen molar-refractivity contribution < 1.29 is 4.52 Å². The monoisotopic (exact) mass is 266 g/mol. The van der Waals surface area contributed by atoms with Gasteiger partial charge in [0.25, 0.3) is 0 Å². The van der Waals surface area contributed by atoms with Gasteiger partial charge in [-0.05, 0) is 19.3 Å². The first-order chi connectivity index (χ1) is 9.10. The number of nitrogens with zero attached hydrogens (tertiary/aromatic N) is 3. The van der Waals surface area contributed by atoms with Crippen molar-refractivity contribution in [3.05, 3.63) is 11.7 Å². The minimum Gasteiger partial charge on any atom is -0.338 e. The van der Waals surface area contributed by atoms with Gasteiger partial charge in [-0.3, -0.25) is 4.90 Å². The van der Waals surface area contributed by atoms with Crippen LogP contribution in [-0.4, -0.2) is 40.2 Å². The molecule has 1 fully saturated rings. The Bertz CT molecular complexity index is 391. The summed E-state index contributed by atoms with van der Waals surface area (Å²) >= 11 is 0. The zero-order valence-electron chi connectivity index (χ0n) is 12.5. The molecule has 1 aromatic rings. The van der Waals surface area contributed by atoms with Crippen LogP contribution < -0.4 is 5.32 Å². The van der Waals surface area contributed by atoms with E-state index in [9.17, 15) is 0 Å². The van der Waals surface area contributed by atoms with E-state index in [-0.39, 0.29) is 0 Å². The van der Waals surface area contributed by atoms with Gasteiger partial charge in [0, 0.05) is 25.2 Å². The molecule has 5 heteroatoms. The molecule has 1 aromatic heterocycles. The third-order valence-electron chi connectivity index (χ3n) is 3.85. The van der Waals surface area contributed by atoms with Crippen LogP contribution in [0.3, 0.4) is 0 Å². The highest BCUT2D eigenvalue weighted by Crippen LogP contribution is 2.19. The molecule has 0 amide bonds. The van der Waals surface area contributed by atoms with E-state index in [1.165, 1.54) is 12.8 Å². The SMILES string of the molecule is CCCC1CN(Cc2nc(C)no2)C(C(C)C)CN1.